The van der Waals surface area contributed by atoms with Crippen molar-refractivity contribution in [1.82, 2.24) is 0 Å². The molecule has 0 aliphatic heterocycles. The number of allylic oxidation sites excluding steroid dienone is 1. The van der Waals surface area contributed by atoms with Crippen molar-refractivity contribution in [2.24, 2.45) is 52.3 Å². The van der Waals surface area contributed by atoms with E-state index in [0.29, 0.717) is 22.9 Å². The third-order valence-electron chi connectivity index (χ3n) is 13.2. The molecule has 0 aromatic heterocycles. The fourth-order valence-electron chi connectivity index (χ4n) is 9.87. The molecule has 4 rings (SSSR count). The number of ether oxygens (including phenoxy) is 1. The van der Waals surface area contributed by atoms with Crippen LogP contribution in [0.1, 0.15) is 113 Å². The first-order chi connectivity index (χ1) is 17.6. The largest absolute Gasteiger partial charge is 0.466 e. The molecule has 4 aliphatic rings. The summed E-state index contributed by atoms with van der Waals surface area (Å²) in [4.78, 5) is 11.5. The molecular weight excluding hydrogens is 484 g/mol. The standard InChI is InChI=1S/C34H60O3Si/c1-23-17-19-33(6)25(21-23)22-29(37-38(9,10)32(3,4)5)31-27-16-15-26(34(27,7)20-18-28(31)33)24(2)13-11-12-14-30(35)36-8/h12,14,23-29,31H,11,13,15-22H2,1-10H3/b14-12+/t23-,24-,25+,26-,27?,28?,29+,31?,33+,34-/m1/s1. The Hall–Kier alpha value is -0.613. The number of esters is 1. The summed E-state index contributed by atoms with van der Waals surface area (Å²) in [6.07, 6.45) is 17.3. The summed E-state index contributed by atoms with van der Waals surface area (Å²) in [6, 6.07) is 0. The summed E-state index contributed by atoms with van der Waals surface area (Å²) in [5.74, 6) is 5.30. The highest BCUT2D eigenvalue weighted by Gasteiger charge is 2.63. The lowest BCUT2D eigenvalue weighted by Crippen LogP contribution is -2.60. The van der Waals surface area contributed by atoms with Crippen LogP contribution in [0.4, 0.5) is 0 Å². The summed E-state index contributed by atoms with van der Waals surface area (Å²) >= 11 is 0. The molecule has 0 aromatic rings. The molecule has 0 bridgehead atoms. The highest BCUT2D eigenvalue weighted by atomic mass is 28.4. The zero-order valence-electron chi connectivity index (χ0n) is 26.6. The fraction of sp³-hybridized carbons (Fsp3) is 0.912. The predicted octanol–water partition coefficient (Wildman–Crippen LogP) is 9.43. The second-order valence-electron chi connectivity index (χ2n) is 16.2. The first-order valence-electron chi connectivity index (χ1n) is 16.1. The molecule has 3 unspecified atom stereocenters. The van der Waals surface area contributed by atoms with Gasteiger partial charge in [0.05, 0.1) is 7.11 Å². The molecule has 218 valence electrons. The van der Waals surface area contributed by atoms with E-state index < -0.39 is 8.32 Å². The first-order valence-corrected chi connectivity index (χ1v) is 19.0. The molecule has 0 saturated heterocycles. The molecule has 0 spiro atoms. The third-order valence-corrected chi connectivity index (χ3v) is 17.7. The zero-order valence-corrected chi connectivity index (χ0v) is 27.6. The van der Waals surface area contributed by atoms with E-state index in [1.165, 1.54) is 58.5 Å². The van der Waals surface area contributed by atoms with Crippen LogP contribution in [0, 0.1) is 52.3 Å². The smallest absolute Gasteiger partial charge is 0.330 e. The average molecular weight is 545 g/mol. The Bertz CT molecular complexity index is 873. The zero-order chi connectivity index (χ0) is 28.1. The van der Waals surface area contributed by atoms with Gasteiger partial charge in [-0.2, -0.15) is 0 Å². The van der Waals surface area contributed by atoms with Gasteiger partial charge in [-0.3, -0.25) is 0 Å². The lowest BCUT2D eigenvalue weighted by Gasteiger charge is -2.64. The molecular formula is C34H60O3Si. The molecule has 0 N–H and O–H groups in total. The van der Waals surface area contributed by atoms with Crippen LogP contribution in [0.15, 0.2) is 12.2 Å². The van der Waals surface area contributed by atoms with Gasteiger partial charge >= 0.3 is 5.97 Å². The number of methoxy groups -OCH3 is 1. The number of hydrogen-bond donors (Lipinski definition) is 0. The van der Waals surface area contributed by atoms with Gasteiger partial charge in [-0.05, 0) is 128 Å². The van der Waals surface area contributed by atoms with Crippen LogP contribution in [-0.4, -0.2) is 27.5 Å². The maximum atomic E-state index is 11.5. The monoisotopic (exact) mass is 544 g/mol. The molecule has 0 radical (unpaired) electrons. The number of rotatable bonds is 7. The van der Waals surface area contributed by atoms with Crippen LogP contribution in [0.25, 0.3) is 0 Å². The molecule has 4 heteroatoms. The predicted molar refractivity (Wildman–Crippen MR) is 161 cm³/mol. The minimum atomic E-state index is -1.85. The van der Waals surface area contributed by atoms with Crippen molar-refractivity contribution >= 4 is 14.3 Å². The molecule has 4 saturated carbocycles. The van der Waals surface area contributed by atoms with Crippen molar-refractivity contribution in [2.45, 2.75) is 137 Å². The second kappa shape index (κ2) is 11.0. The molecule has 0 aromatic carbocycles. The summed E-state index contributed by atoms with van der Waals surface area (Å²) < 4.78 is 12.3. The first kappa shape index (κ1) is 30.3. The molecule has 3 nitrogen and oxygen atoms in total. The summed E-state index contributed by atoms with van der Waals surface area (Å²) in [7, 11) is -0.400. The van der Waals surface area contributed by atoms with Gasteiger partial charge in [-0.15, -0.1) is 0 Å². The Labute approximate surface area is 236 Å². The van der Waals surface area contributed by atoms with E-state index in [2.05, 4.69) is 61.6 Å². The van der Waals surface area contributed by atoms with E-state index in [4.69, 9.17) is 9.16 Å². The molecule has 38 heavy (non-hydrogen) atoms. The van der Waals surface area contributed by atoms with E-state index in [1.807, 2.05) is 6.08 Å². The van der Waals surface area contributed by atoms with Gasteiger partial charge in [0.25, 0.3) is 0 Å². The third kappa shape index (κ3) is 5.48. The minimum Gasteiger partial charge on any atom is -0.466 e. The van der Waals surface area contributed by atoms with Crippen molar-refractivity contribution < 1.29 is 14.0 Å². The van der Waals surface area contributed by atoms with Gasteiger partial charge in [0.2, 0.25) is 0 Å². The van der Waals surface area contributed by atoms with Gasteiger partial charge in [-0.1, -0.05) is 61.0 Å². The van der Waals surface area contributed by atoms with E-state index in [1.54, 1.807) is 6.08 Å². The lowest BCUT2D eigenvalue weighted by molar-refractivity contribution is -0.164. The van der Waals surface area contributed by atoms with Crippen LogP contribution in [0.5, 0.6) is 0 Å². The minimum absolute atomic E-state index is 0.238. The molecule has 4 fully saturated rings. The Morgan fingerprint density at radius 3 is 2.34 bits per heavy atom. The second-order valence-corrected chi connectivity index (χ2v) is 21.0. The van der Waals surface area contributed by atoms with Gasteiger partial charge in [0.1, 0.15) is 0 Å². The Kier molecular flexibility index (Phi) is 8.78. The Balaban J connectivity index is 1.59. The summed E-state index contributed by atoms with van der Waals surface area (Å²) in [6.45, 7) is 22.6. The lowest BCUT2D eigenvalue weighted by atomic mass is 9.43. The highest BCUT2D eigenvalue weighted by Crippen LogP contribution is 2.69. The Morgan fingerprint density at radius 1 is 1.03 bits per heavy atom. The molecule has 4 aliphatic carbocycles. The molecule has 0 amide bonds. The number of fused-ring (bicyclic) bond motifs is 5. The van der Waals surface area contributed by atoms with Crippen LogP contribution < -0.4 is 0 Å². The maximum Gasteiger partial charge on any atom is 0.330 e. The van der Waals surface area contributed by atoms with Crippen LogP contribution >= 0.6 is 0 Å². The number of hydrogen-bond acceptors (Lipinski definition) is 3. The number of carbonyl (C=O) groups is 1. The average Bonchev–Trinajstić information content (AvgIpc) is 3.18. The summed E-state index contributed by atoms with van der Waals surface area (Å²) in [5, 5.41) is 0.255. The Morgan fingerprint density at radius 2 is 1.68 bits per heavy atom. The van der Waals surface area contributed by atoms with Crippen molar-refractivity contribution in [2.75, 3.05) is 7.11 Å². The summed E-state index contributed by atoms with van der Waals surface area (Å²) in [5.41, 5.74) is 0.932. The van der Waals surface area contributed by atoms with Gasteiger partial charge in [-0.25, -0.2) is 4.79 Å². The van der Waals surface area contributed by atoms with E-state index in [-0.39, 0.29) is 11.0 Å². The van der Waals surface area contributed by atoms with E-state index in [0.717, 1.165) is 48.3 Å². The topological polar surface area (TPSA) is 35.5 Å². The number of carbonyl (C=O) groups excluding carboxylic acids is 1. The van der Waals surface area contributed by atoms with Crippen molar-refractivity contribution in [3.05, 3.63) is 12.2 Å². The van der Waals surface area contributed by atoms with Crippen molar-refractivity contribution in [1.29, 1.82) is 0 Å². The van der Waals surface area contributed by atoms with Crippen molar-refractivity contribution in [3.8, 4) is 0 Å². The van der Waals surface area contributed by atoms with Crippen LogP contribution in [0.3, 0.4) is 0 Å². The quantitative estimate of drug-likeness (QED) is 0.182. The SMILES string of the molecule is COC(=O)/C=C/CC[C@@H](C)[C@H]1CCC2C3C(CC[C@@]21C)[C@@]1(C)CC[C@@H](C)C[C@H]1C[C@@H]3O[Si](C)(C)C(C)(C)C. The molecule has 0 heterocycles. The maximum absolute atomic E-state index is 11.5. The van der Waals surface area contributed by atoms with E-state index >= 15 is 0 Å². The van der Waals surface area contributed by atoms with Gasteiger partial charge in [0, 0.05) is 12.2 Å². The van der Waals surface area contributed by atoms with E-state index in [9.17, 15) is 4.79 Å². The van der Waals surface area contributed by atoms with Gasteiger partial charge in [0.15, 0.2) is 8.32 Å². The fourth-order valence-corrected chi connectivity index (χ4v) is 11.2. The normalized spacial score (nSPS) is 42.3. The van der Waals surface area contributed by atoms with Crippen LogP contribution in [-0.2, 0) is 14.0 Å². The molecule has 10 atom stereocenters. The highest BCUT2D eigenvalue weighted by molar-refractivity contribution is 6.74. The van der Waals surface area contributed by atoms with Gasteiger partial charge < -0.3 is 9.16 Å². The van der Waals surface area contributed by atoms with Crippen LogP contribution in [0.2, 0.25) is 18.1 Å². The van der Waals surface area contributed by atoms with Crippen molar-refractivity contribution in [3.63, 3.8) is 0 Å².